The van der Waals surface area contributed by atoms with E-state index in [0.29, 0.717) is 25.0 Å². The van der Waals surface area contributed by atoms with Gasteiger partial charge in [-0.25, -0.2) is 13.8 Å². The molecule has 0 bridgehead atoms. The maximum Gasteiger partial charge on any atom is 0.201 e. The van der Waals surface area contributed by atoms with Crippen LogP contribution in [0.1, 0.15) is 6.42 Å². The molecule has 0 spiro atoms. The number of benzene rings is 1. The summed E-state index contributed by atoms with van der Waals surface area (Å²) in [6.45, 7) is 1.03. The summed E-state index contributed by atoms with van der Waals surface area (Å²) in [6, 6.07) is 2.46. The van der Waals surface area contributed by atoms with Crippen LogP contribution in [0.4, 0.5) is 14.7 Å². The first kappa shape index (κ1) is 12.5. The molecule has 3 rings (SSSR count). The van der Waals surface area contributed by atoms with Crippen LogP contribution in [0.25, 0.3) is 11.0 Å². The van der Waals surface area contributed by atoms with E-state index in [4.69, 9.17) is 5.73 Å². The van der Waals surface area contributed by atoms with Crippen molar-refractivity contribution in [3.63, 3.8) is 0 Å². The van der Waals surface area contributed by atoms with Gasteiger partial charge in [0.1, 0.15) is 5.52 Å². The molecule has 0 radical (unpaired) electrons. The van der Waals surface area contributed by atoms with E-state index in [0.717, 1.165) is 6.07 Å². The quantitative estimate of drug-likeness (QED) is 0.786. The molecule has 0 fully saturated rings. The Labute approximate surface area is 112 Å². The number of nitrogens with zero attached hydrogens (tertiary/aromatic N) is 5. The highest BCUT2D eigenvalue weighted by Crippen LogP contribution is 2.23. The normalized spacial score (nSPS) is 11.3. The fraction of sp³-hybridized carbons (Fsp3) is 0.250. The number of imidazole rings is 1. The second kappa shape index (κ2) is 4.87. The van der Waals surface area contributed by atoms with Crippen LogP contribution in [0.5, 0.6) is 0 Å². The molecule has 1 aromatic carbocycles. The van der Waals surface area contributed by atoms with Crippen LogP contribution in [0.2, 0.25) is 0 Å². The van der Waals surface area contributed by atoms with Crippen molar-refractivity contribution in [1.82, 2.24) is 24.5 Å². The Kier molecular flexibility index (Phi) is 3.05. The van der Waals surface area contributed by atoms with E-state index in [9.17, 15) is 8.78 Å². The molecule has 8 heteroatoms. The molecule has 0 atom stereocenters. The Bertz CT molecular complexity index is 734. The highest BCUT2D eigenvalue weighted by molar-refractivity contribution is 5.79. The van der Waals surface area contributed by atoms with Gasteiger partial charge >= 0.3 is 0 Å². The van der Waals surface area contributed by atoms with E-state index in [1.54, 1.807) is 17.1 Å². The number of rotatable bonds is 4. The lowest BCUT2D eigenvalue weighted by molar-refractivity contribution is 0.500. The predicted octanol–water partition coefficient (Wildman–Crippen LogP) is 1.58. The fourth-order valence-electron chi connectivity index (χ4n) is 2.14. The Morgan fingerprint density at radius 2 is 2.05 bits per heavy atom. The first-order chi connectivity index (χ1) is 9.66. The molecule has 3 aromatic rings. The number of hydrogen-bond donors (Lipinski definition) is 1. The van der Waals surface area contributed by atoms with Gasteiger partial charge < -0.3 is 10.3 Å². The van der Waals surface area contributed by atoms with Crippen molar-refractivity contribution in [1.29, 1.82) is 0 Å². The molecular formula is C12H12F2N6. The highest BCUT2D eigenvalue weighted by Gasteiger charge is 2.15. The largest absolute Gasteiger partial charge is 0.369 e. The van der Waals surface area contributed by atoms with Crippen LogP contribution in [0.3, 0.4) is 0 Å². The number of hydrogen-bond acceptors (Lipinski definition) is 4. The summed E-state index contributed by atoms with van der Waals surface area (Å²) in [5.41, 5.74) is 6.21. The summed E-state index contributed by atoms with van der Waals surface area (Å²) in [4.78, 5) is 4.03. The third-order valence-electron chi connectivity index (χ3n) is 3.07. The first-order valence-electron chi connectivity index (χ1n) is 6.10. The van der Waals surface area contributed by atoms with Crippen LogP contribution in [0, 0.1) is 11.6 Å². The number of nitrogens with two attached hydrogens (primary N) is 1. The summed E-state index contributed by atoms with van der Waals surface area (Å²) in [7, 11) is 0. The second-order valence-electron chi connectivity index (χ2n) is 4.37. The number of halogens is 2. The molecule has 0 aliphatic heterocycles. The van der Waals surface area contributed by atoms with Crippen molar-refractivity contribution >= 4 is 17.0 Å². The zero-order valence-corrected chi connectivity index (χ0v) is 10.5. The van der Waals surface area contributed by atoms with Gasteiger partial charge in [0.05, 0.1) is 11.7 Å². The van der Waals surface area contributed by atoms with Crippen LogP contribution < -0.4 is 5.73 Å². The summed E-state index contributed by atoms with van der Waals surface area (Å²) >= 11 is 0. The lowest BCUT2D eigenvalue weighted by atomic mass is 10.3. The van der Waals surface area contributed by atoms with Gasteiger partial charge in [0.15, 0.2) is 11.6 Å². The Morgan fingerprint density at radius 1 is 1.20 bits per heavy atom. The van der Waals surface area contributed by atoms with Crippen molar-refractivity contribution < 1.29 is 8.78 Å². The number of aromatic nitrogens is 5. The summed E-state index contributed by atoms with van der Waals surface area (Å²) in [5, 5.41) is 7.52. The molecule has 0 saturated carbocycles. The van der Waals surface area contributed by atoms with Crippen LogP contribution in [-0.2, 0) is 13.1 Å². The van der Waals surface area contributed by atoms with E-state index in [1.165, 1.54) is 10.6 Å². The SMILES string of the molecule is Nc1nc2ccc(F)c(F)c2n1CCCn1ccnn1. The average Bonchev–Trinajstić information content (AvgIpc) is 3.03. The summed E-state index contributed by atoms with van der Waals surface area (Å²) in [5.74, 6) is -1.66. The lowest BCUT2D eigenvalue weighted by Crippen LogP contribution is -2.08. The lowest BCUT2D eigenvalue weighted by Gasteiger charge is -2.07. The molecule has 0 aliphatic carbocycles. The van der Waals surface area contributed by atoms with Gasteiger partial charge in [0.25, 0.3) is 0 Å². The van der Waals surface area contributed by atoms with Gasteiger partial charge in [-0.15, -0.1) is 5.10 Å². The molecule has 0 aliphatic rings. The average molecular weight is 278 g/mol. The third kappa shape index (κ3) is 2.09. The molecule has 20 heavy (non-hydrogen) atoms. The zero-order chi connectivity index (χ0) is 14.1. The maximum atomic E-state index is 13.9. The minimum Gasteiger partial charge on any atom is -0.369 e. The van der Waals surface area contributed by atoms with Gasteiger partial charge in [0.2, 0.25) is 5.95 Å². The van der Waals surface area contributed by atoms with Gasteiger partial charge in [-0.1, -0.05) is 5.21 Å². The molecule has 0 unspecified atom stereocenters. The molecule has 104 valence electrons. The van der Waals surface area contributed by atoms with Crippen molar-refractivity contribution in [2.24, 2.45) is 0 Å². The minimum atomic E-state index is -0.924. The van der Waals surface area contributed by atoms with Gasteiger partial charge in [0, 0.05) is 19.3 Å². The van der Waals surface area contributed by atoms with E-state index in [1.807, 2.05) is 0 Å². The molecular weight excluding hydrogens is 266 g/mol. The van der Waals surface area contributed by atoms with Gasteiger partial charge in [-0.3, -0.25) is 4.68 Å². The van der Waals surface area contributed by atoms with Crippen molar-refractivity contribution in [3.8, 4) is 0 Å². The topological polar surface area (TPSA) is 74.5 Å². The molecule has 6 nitrogen and oxygen atoms in total. The first-order valence-corrected chi connectivity index (χ1v) is 6.10. The molecule has 2 N–H and O–H groups in total. The standard InChI is InChI=1S/C12H12F2N6/c13-8-2-3-9-11(10(8)14)20(12(15)17-9)6-1-5-19-7-4-16-18-19/h2-4,7H,1,5-6H2,(H2,15,17). The highest BCUT2D eigenvalue weighted by atomic mass is 19.2. The number of fused-ring (bicyclic) bond motifs is 1. The molecule has 2 aromatic heterocycles. The third-order valence-corrected chi connectivity index (χ3v) is 3.07. The fourth-order valence-corrected chi connectivity index (χ4v) is 2.14. The van der Waals surface area contributed by atoms with Crippen molar-refractivity contribution in [2.45, 2.75) is 19.5 Å². The van der Waals surface area contributed by atoms with Crippen LogP contribution in [-0.4, -0.2) is 24.5 Å². The zero-order valence-electron chi connectivity index (χ0n) is 10.5. The van der Waals surface area contributed by atoms with E-state index >= 15 is 0 Å². The second-order valence-corrected chi connectivity index (χ2v) is 4.37. The van der Waals surface area contributed by atoms with Crippen LogP contribution >= 0.6 is 0 Å². The predicted molar refractivity (Wildman–Crippen MR) is 68.7 cm³/mol. The number of aryl methyl sites for hydroxylation is 2. The van der Waals surface area contributed by atoms with Crippen molar-refractivity contribution in [3.05, 3.63) is 36.2 Å². The van der Waals surface area contributed by atoms with Gasteiger partial charge in [-0.2, -0.15) is 0 Å². The molecule has 2 heterocycles. The monoisotopic (exact) mass is 278 g/mol. The van der Waals surface area contributed by atoms with E-state index in [-0.39, 0.29) is 11.5 Å². The molecule has 0 amide bonds. The van der Waals surface area contributed by atoms with Crippen LogP contribution in [0.15, 0.2) is 24.5 Å². The maximum absolute atomic E-state index is 13.9. The minimum absolute atomic E-state index is 0.0982. The Hall–Kier alpha value is -2.51. The van der Waals surface area contributed by atoms with Crippen molar-refractivity contribution in [2.75, 3.05) is 5.73 Å². The summed E-state index contributed by atoms with van der Waals surface area (Å²) < 4.78 is 30.3. The summed E-state index contributed by atoms with van der Waals surface area (Å²) in [6.07, 6.45) is 3.96. The van der Waals surface area contributed by atoms with Gasteiger partial charge in [-0.05, 0) is 18.6 Å². The molecule has 0 saturated heterocycles. The Balaban J connectivity index is 1.87. The smallest absolute Gasteiger partial charge is 0.201 e. The Morgan fingerprint density at radius 3 is 2.80 bits per heavy atom. The number of nitrogen functional groups attached to an aromatic ring is 1. The number of anilines is 1. The van der Waals surface area contributed by atoms with E-state index in [2.05, 4.69) is 15.3 Å². The van der Waals surface area contributed by atoms with E-state index < -0.39 is 11.6 Å².